The molecule has 0 saturated carbocycles. The van der Waals surface area contributed by atoms with E-state index >= 15 is 0 Å². The summed E-state index contributed by atoms with van der Waals surface area (Å²) in [5.41, 5.74) is 1.52. The van der Waals surface area contributed by atoms with Crippen LogP contribution in [0.15, 0.2) is 24.4 Å². The number of fused-ring (bicyclic) bond motifs is 1. The average Bonchev–Trinajstić information content (AvgIpc) is 2.59. The van der Waals surface area contributed by atoms with Crippen molar-refractivity contribution in [3.8, 4) is 0 Å². The Morgan fingerprint density at radius 2 is 1.89 bits per heavy atom. The zero-order valence-electron chi connectivity index (χ0n) is 10.4. The number of anilines is 1. The first-order valence-electron chi connectivity index (χ1n) is 6.57. The Balaban J connectivity index is 2.06. The Bertz CT molecular complexity index is 553. The van der Waals surface area contributed by atoms with E-state index in [0.717, 1.165) is 30.8 Å². The van der Waals surface area contributed by atoms with Crippen molar-refractivity contribution in [2.24, 2.45) is 0 Å². The first-order chi connectivity index (χ1) is 8.90. The van der Waals surface area contributed by atoms with Gasteiger partial charge in [-0.25, -0.2) is 4.98 Å². The number of pyridine rings is 1. The second-order valence-electron chi connectivity index (χ2n) is 4.77. The molecule has 94 valence electrons. The number of hydrogen-bond donors (Lipinski definition) is 0. The molecule has 0 bridgehead atoms. The van der Waals surface area contributed by atoms with Crippen molar-refractivity contribution in [3.05, 3.63) is 30.1 Å². The molecule has 0 N–H and O–H groups in total. The fourth-order valence-corrected chi connectivity index (χ4v) is 2.63. The van der Waals surface area contributed by atoms with Gasteiger partial charge in [-0.2, -0.15) is 0 Å². The normalized spacial score (nSPS) is 16.8. The number of nitrogens with zero attached hydrogens (tertiary/aromatic N) is 3. The van der Waals surface area contributed by atoms with E-state index in [9.17, 15) is 4.79 Å². The van der Waals surface area contributed by atoms with Crippen LogP contribution in [0, 0.1) is 0 Å². The molecule has 0 aliphatic carbocycles. The van der Waals surface area contributed by atoms with Gasteiger partial charge in [-0.1, -0.05) is 18.9 Å². The van der Waals surface area contributed by atoms with Gasteiger partial charge in [-0.15, -0.1) is 0 Å². The van der Waals surface area contributed by atoms with Gasteiger partial charge in [0.2, 0.25) is 0 Å². The molecule has 1 saturated heterocycles. The third-order valence-corrected chi connectivity index (χ3v) is 3.56. The molecule has 4 heteroatoms. The third kappa shape index (κ3) is 1.88. The van der Waals surface area contributed by atoms with Gasteiger partial charge in [-0.3, -0.25) is 9.20 Å². The van der Waals surface area contributed by atoms with Crippen LogP contribution in [0.2, 0.25) is 0 Å². The molecule has 2 aromatic rings. The van der Waals surface area contributed by atoms with E-state index in [1.807, 2.05) is 28.8 Å². The summed E-state index contributed by atoms with van der Waals surface area (Å²) in [6.07, 6.45) is 7.74. The maximum atomic E-state index is 11.3. The van der Waals surface area contributed by atoms with Crippen LogP contribution in [0.5, 0.6) is 0 Å². The van der Waals surface area contributed by atoms with E-state index in [1.54, 1.807) is 0 Å². The predicted octanol–water partition coefficient (Wildman–Crippen LogP) is 2.53. The van der Waals surface area contributed by atoms with Crippen molar-refractivity contribution >= 4 is 17.8 Å². The molecule has 0 amide bonds. The molecule has 3 heterocycles. The van der Waals surface area contributed by atoms with Crippen molar-refractivity contribution in [1.82, 2.24) is 9.38 Å². The first kappa shape index (κ1) is 11.3. The standard InChI is InChI=1S/C14H17N3O/c18-11-12-14(16-8-4-1-2-5-9-16)15-13-7-3-6-10-17(12)13/h3,6-7,10-11H,1-2,4-5,8-9H2. The van der Waals surface area contributed by atoms with Crippen LogP contribution in [-0.4, -0.2) is 28.8 Å². The summed E-state index contributed by atoms with van der Waals surface area (Å²) < 4.78 is 1.87. The van der Waals surface area contributed by atoms with Crippen LogP contribution in [0.3, 0.4) is 0 Å². The SMILES string of the molecule is O=Cc1c(N2CCCCCC2)nc2ccccn12. The van der Waals surface area contributed by atoms with Crippen molar-refractivity contribution < 1.29 is 4.79 Å². The van der Waals surface area contributed by atoms with E-state index in [0.29, 0.717) is 5.69 Å². The summed E-state index contributed by atoms with van der Waals surface area (Å²) >= 11 is 0. The smallest absolute Gasteiger partial charge is 0.170 e. The minimum atomic E-state index is 0.674. The molecule has 2 aromatic heterocycles. The van der Waals surface area contributed by atoms with Gasteiger partial charge in [0.25, 0.3) is 0 Å². The van der Waals surface area contributed by atoms with Gasteiger partial charge in [0.05, 0.1) is 0 Å². The number of rotatable bonds is 2. The fourth-order valence-electron chi connectivity index (χ4n) is 2.63. The Kier molecular flexibility index (Phi) is 3.00. The topological polar surface area (TPSA) is 37.6 Å². The zero-order valence-corrected chi connectivity index (χ0v) is 10.4. The van der Waals surface area contributed by atoms with Crippen molar-refractivity contribution in [1.29, 1.82) is 0 Å². The minimum absolute atomic E-state index is 0.674. The number of aromatic nitrogens is 2. The van der Waals surface area contributed by atoms with Gasteiger partial charge >= 0.3 is 0 Å². The Morgan fingerprint density at radius 1 is 1.11 bits per heavy atom. The Labute approximate surface area is 106 Å². The van der Waals surface area contributed by atoms with Gasteiger partial charge in [-0.05, 0) is 25.0 Å². The molecule has 3 rings (SSSR count). The van der Waals surface area contributed by atoms with Gasteiger partial charge < -0.3 is 4.90 Å². The number of hydrogen-bond acceptors (Lipinski definition) is 3. The quantitative estimate of drug-likeness (QED) is 0.761. The molecular formula is C14H17N3O. The van der Waals surface area contributed by atoms with Crippen LogP contribution in [-0.2, 0) is 0 Å². The summed E-state index contributed by atoms with van der Waals surface area (Å²) in [7, 11) is 0. The molecule has 4 nitrogen and oxygen atoms in total. The predicted molar refractivity (Wildman–Crippen MR) is 71.3 cm³/mol. The minimum Gasteiger partial charge on any atom is -0.355 e. The average molecular weight is 243 g/mol. The summed E-state index contributed by atoms with van der Waals surface area (Å²) in [6.45, 7) is 2.01. The van der Waals surface area contributed by atoms with E-state index in [-0.39, 0.29) is 0 Å². The molecule has 0 aromatic carbocycles. The van der Waals surface area contributed by atoms with Crippen molar-refractivity contribution in [2.75, 3.05) is 18.0 Å². The number of carbonyl (C=O) groups excluding carboxylic acids is 1. The van der Waals surface area contributed by atoms with Gasteiger partial charge in [0, 0.05) is 19.3 Å². The zero-order chi connectivity index (χ0) is 12.4. The molecular weight excluding hydrogens is 226 g/mol. The highest BCUT2D eigenvalue weighted by Gasteiger charge is 2.18. The highest BCUT2D eigenvalue weighted by molar-refractivity contribution is 5.83. The lowest BCUT2D eigenvalue weighted by molar-refractivity contribution is 0.111. The second-order valence-corrected chi connectivity index (χ2v) is 4.77. The van der Waals surface area contributed by atoms with Crippen LogP contribution in [0.4, 0.5) is 5.82 Å². The van der Waals surface area contributed by atoms with Crippen LogP contribution >= 0.6 is 0 Å². The monoisotopic (exact) mass is 243 g/mol. The highest BCUT2D eigenvalue weighted by Crippen LogP contribution is 2.23. The summed E-state index contributed by atoms with van der Waals surface area (Å²) in [6, 6.07) is 5.81. The van der Waals surface area contributed by atoms with Gasteiger partial charge in [0.1, 0.15) is 11.3 Å². The highest BCUT2D eigenvalue weighted by atomic mass is 16.1. The molecule has 1 aliphatic heterocycles. The molecule has 1 fully saturated rings. The van der Waals surface area contributed by atoms with Crippen LogP contribution in [0.1, 0.15) is 36.2 Å². The van der Waals surface area contributed by atoms with Crippen LogP contribution < -0.4 is 4.90 Å². The maximum absolute atomic E-state index is 11.3. The number of carbonyl (C=O) groups is 1. The van der Waals surface area contributed by atoms with E-state index < -0.39 is 0 Å². The lowest BCUT2D eigenvalue weighted by Crippen LogP contribution is -2.25. The molecule has 0 spiro atoms. The lowest BCUT2D eigenvalue weighted by atomic mass is 10.2. The second kappa shape index (κ2) is 4.80. The molecule has 0 unspecified atom stereocenters. The Hall–Kier alpha value is -1.84. The van der Waals surface area contributed by atoms with Crippen molar-refractivity contribution in [3.63, 3.8) is 0 Å². The van der Waals surface area contributed by atoms with Crippen LogP contribution in [0.25, 0.3) is 5.65 Å². The maximum Gasteiger partial charge on any atom is 0.170 e. The fraction of sp³-hybridized carbons (Fsp3) is 0.429. The van der Waals surface area contributed by atoms with E-state index in [4.69, 9.17) is 0 Å². The summed E-state index contributed by atoms with van der Waals surface area (Å²) in [5.74, 6) is 0.845. The summed E-state index contributed by atoms with van der Waals surface area (Å²) in [5, 5.41) is 0. The Morgan fingerprint density at radius 3 is 2.61 bits per heavy atom. The molecule has 1 aliphatic rings. The van der Waals surface area contributed by atoms with Gasteiger partial charge in [0.15, 0.2) is 12.1 Å². The van der Waals surface area contributed by atoms with E-state index in [2.05, 4.69) is 9.88 Å². The largest absolute Gasteiger partial charge is 0.355 e. The summed E-state index contributed by atoms with van der Waals surface area (Å²) in [4.78, 5) is 18.2. The number of imidazole rings is 1. The van der Waals surface area contributed by atoms with E-state index in [1.165, 1.54) is 25.7 Å². The van der Waals surface area contributed by atoms with Crippen molar-refractivity contribution in [2.45, 2.75) is 25.7 Å². The third-order valence-electron chi connectivity index (χ3n) is 3.56. The molecule has 0 radical (unpaired) electrons. The lowest BCUT2D eigenvalue weighted by Gasteiger charge is -2.20. The molecule has 18 heavy (non-hydrogen) atoms. The number of aldehydes is 1. The molecule has 0 atom stereocenters. The first-order valence-corrected chi connectivity index (χ1v) is 6.57.